The molecule has 2 rings (SSSR count). The number of carbonyl (C=O) groups excluding carboxylic acids is 1. The number of nitrogens with two attached hydrogens (primary N) is 1. The average molecular weight is 327 g/mol. The highest BCUT2D eigenvalue weighted by molar-refractivity contribution is 7.89. The van der Waals surface area contributed by atoms with Gasteiger partial charge in [-0.15, -0.1) is 0 Å². The van der Waals surface area contributed by atoms with Crippen molar-refractivity contribution in [3.05, 3.63) is 24.3 Å². The average Bonchev–Trinajstić information content (AvgIpc) is 2.36. The molecule has 0 saturated carbocycles. The van der Waals surface area contributed by atoms with Gasteiger partial charge in [-0.2, -0.15) is 0 Å². The molecule has 0 aromatic heterocycles. The van der Waals surface area contributed by atoms with Gasteiger partial charge in [-0.3, -0.25) is 9.69 Å². The lowest BCUT2D eigenvalue weighted by Crippen LogP contribution is -2.48. The van der Waals surface area contributed by atoms with Crippen LogP contribution in [0.2, 0.25) is 0 Å². The number of nitrogens with zero attached hydrogens (tertiary/aromatic N) is 1. The van der Waals surface area contributed by atoms with E-state index in [1.165, 1.54) is 18.2 Å². The second-order valence-corrected chi connectivity index (χ2v) is 7.13. The van der Waals surface area contributed by atoms with Gasteiger partial charge in [-0.25, -0.2) is 13.6 Å². The summed E-state index contributed by atoms with van der Waals surface area (Å²) in [5.41, 5.74) is 0.408. The van der Waals surface area contributed by atoms with Crippen LogP contribution in [0, 0.1) is 0 Å². The van der Waals surface area contributed by atoms with Crippen molar-refractivity contribution in [1.29, 1.82) is 0 Å². The van der Waals surface area contributed by atoms with E-state index in [0.29, 0.717) is 18.8 Å². The predicted octanol–water partition coefficient (Wildman–Crippen LogP) is 0.382. The lowest BCUT2D eigenvalue weighted by molar-refractivity contribution is -0.121. The van der Waals surface area contributed by atoms with Crippen LogP contribution >= 0.6 is 0 Å². The van der Waals surface area contributed by atoms with Gasteiger partial charge < -0.3 is 10.1 Å². The first-order chi connectivity index (χ1) is 10.2. The lowest BCUT2D eigenvalue weighted by atomic mass is 10.2. The number of carbonyl (C=O) groups is 1. The fourth-order valence-corrected chi connectivity index (χ4v) is 3.13. The van der Waals surface area contributed by atoms with Crippen LogP contribution in [0.3, 0.4) is 0 Å². The number of hydrogen-bond donors (Lipinski definition) is 2. The molecule has 0 unspecified atom stereocenters. The Kier molecular flexibility index (Phi) is 5.17. The van der Waals surface area contributed by atoms with Crippen molar-refractivity contribution >= 4 is 21.6 Å². The number of morpholine rings is 1. The zero-order valence-corrected chi connectivity index (χ0v) is 13.5. The van der Waals surface area contributed by atoms with Crippen molar-refractivity contribution in [1.82, 2.24) is 4.90 Å². The quantitative estimate of drug-likeness (QED) is 0.832. The molecule has 1 fully saturated rings. The Hall–Kier alpha value is -1.48. The van der Waals surface area contributed by atoms with E-state index in [1.807, 2.05) is 18.7 Å². The van der Waals surface area contributed by atoms with Crippen LogP contribution < -0.4 is 10.5 Å². The fraction of sp³-hybridized carbons (Fsp3) is 0.500. The van der Waals surface area contributed by atoms with Crippen LogP contribution in [0.5, 0.6) is 0 Å². The molecule has 122 valence electrons. The third-order valence-electron chi connectivity index (χ3n) is 3.31. The molecule has 1 aromatic rings. The first kappa shape index (κ1) is 16.9. The molecule has 2 atom stereocenters. The Morgan fingerprint density at radius 1 is 1.36 bits per heavy atom. The first-order valence-electron chi connectivity index (χ1n) is 7.04. The van der Waals surface area contributed by atoms with Crippen LogP contribution in [0.4, 0.5) is 5.69 Å². The Balaban J connectivity index is 1.97. The molecule has 1 amide bonds. The van der Waals surface area contributed by atoms with Gasteiger partial charge in [-0.1, -0.05) is 6.07 Å². The SMILES string of the molecule is C[C@H]1CN(CC(=O)Nc2cccc(S(N)(=O)=O)c2)C[C@H](C)O1. The van der Waals surface area contributed by atoms with Crippen molar-refractivity contribution in [3.8, 4) is 0 Å². The highest BCUT2D eigenvalue weighted by Crippen LogP contribution is 2.15. The highest BCUT2D eigenvalue weighted by Gasteiger charge is 2.23. The van der Waals surface area contributed by atoms with Gasteiger partial charge >= 0.3 is 0 Å². The van der Waals surface area contributed by atoms with E-state index < -0.39 is 10.0 Å². The highest BCUT2D eigenvalue weighted by atomic mass is 32.2. The number of amides is 1. The number of rotatable bonds is 4. The summed E-state index contributed by atoms with van der Waals surface area (Å²) in [7, 11) is -3.78. The molecule has 22 heavy (non-hydrogen) atoms. The molecule has 0 bridgehead atoms. The number of primary sulfonamides is 1. The van der Waals surface area contributed by atoms with Gasteiger partial charge in [-0.05, 0) is 32.0 Å². The summed E-state index contributed by atoms with van der Waals surface area (Å²) in [6.45, 7) is 5.55. The summed E-state index contributed by atoms with van der Waals surface area (Å²) in [6, 6.07) is 5.89. The Labute approximate surface area is 130 Å². The third kappa shape index (κ3) is 4.77. The summed E-state index contributed by atoms with van der Waals surface area (Å²) < 4.78 is 28.2. The zero-order valence-electron chi connectivity index (χ0n) is 12.7. The Morgan fingerprint density at radius 3 is 2.59 bits per heavy atom. The maximum absolute atomic E-state index is 12.1. The van der Waals surface area contributed by atoms with Crippen molar-refractivity contribution in [2.24, 2.45) is 5.14 Å². The number of anilines is 1. The van der Waals surface area contributed by atoms with Gasteiger partial charge in [0.25, 0.3) is 0 Å². The van der Waals surface area contributed by atoms with E-state index in [0.717, 1.165) is 0 Å². The monoisotopic (exact) mass is 327 g/mol. The minimum atomic E-state index is -3.78. The normalized spacial score (nSPS) is 23.2. The number of benzene rings is 1. The summed E-state index contributed by atoms with van der Waals surface area (Å²) in [4.78, 5) is 14.1. The summed E-state index contributed by atoms with van der Waals surface area (Å²) in [5.74, 6) is -0.201. The molecular formula is C14H21N3O4S. The molecule has 7 nitrogen and oxygen atoms in total. The van der Waals surface area contributed by atoms with Crippen LogP contribution in [0.1, 0.15) is 13.8 Å². The van der Waals surface area contributed by atoms with Gasteiger partial charge in [0.2, 0.25) is 15.9 Å². The van der Waals surface area contributed by atoms with Gasteiger partial charge in [0, 0.05) is 18.8 Å². The van der Waals surface area contributed by atoms with Crippen LogP contribution in [-0.4, -0.2) is 51.1 Å². The van der Waals surface area contributed by atoms with E-state index in [1.54, 1.807) is 6.07 Å². The molecule has 1 aromatic carbocycles. The Bertz CT molecular complexity index is 637. The smallest absolute Gasteiger partial charge is 0.238 e. The van der Waals surface area contributed by atoms with Crippen molar-refractivity contribution in [3.63, 3.8) is 0 Å². The predicted molar refractivity (Wildman–Crippen MR) is 82.9 cm³/mol. The molecule has 8 heteroatoms. The van der Waals surface area contributed by atoms with E-state index in [4.69, 9.17) is 9.88 Å². The van der Waals surface area contributed by atoms with Crippen LogP contribution in [0.25, 0.3) is 0 Å². The largest absolute Gasteiger partial charge is 0.373 e. The lowest BCUT2D eigenvalue weighted by Gasteiger charge is -2.34. The van der Waals surface area contributed by atoms with Crippen LogP contribution in [-0.2, 0) is 19.6 Å². The van der Waals surface area contributed by atoms with Gasteiger partial charge in [0.05, 0.1) is 23.6 Å². The minimum Gasteiger partial charge on any atom is -0.373 e. The second-order valence-electron chi connectivity index (χ2n) is 5.57. The molecular weight excluding hydrogens is 306 g/mol. The van der Waals surface area contributed by atoms with Gasteiger partial charge in [0.15, 0.2) is 0 Å². The summed E-state index contributed by atoms with van der Waals surface area (Å²) in [5, 5.41) is 7.76. The second kappa shape index (κ2) is 6.74. The summed E-state index contributed by atoms with van der Waals surface area (Å²) in [6.07, 6.45) is 0.171. The number of hydrogen-bond acceptors (Lipinski definition) is 5. The van der Waals surface area contributed by atoms with Crippen molar-refractivity contribution < 1.29 is 17.9 Å². The maximum Gasteiger partial charge on any atom is 0.238 e. The topological polar surface area (TPSA) is 102 Å². The van der Waals surface area contributed by atoms with Crippen molar-refractivity contribution in [2.45, 2.75) is 31.0 Å². The minimum absolute atomic E-state index is 0.0288. The van der Waals surface area contributed by atoms with Gasteiger partial charge in [0.1, 0.15) is 0 Å². The third-order valence-corrected chi connectivity index (χ3v) is 4.22. The Morgan fingerprint density at radius 2 is 2.00 bits per heavy atom. The van der Waals surface area contributed by atoms with E-state index in [-0.39, 0.29) is 29.6 Å². The number of sulfonamides is 1. The molecule has 0 aliphatic carbocycles. The van der Waals surface area contributed by atoms with Crippen molar-refractivity contribution in [2.75, 3.05) is 25.0 Å². The molecule has 0 spiro atoms. The zero-order chi connectivity index (χ0) is 16.3. The summed E-state index contributed by atoms with van der Waals surface area (Å²) >= 11 is 0. The fourth-order valence-electron chi connectivity index (χ4n) is 2.57. The first-order valence-corrected chi connectivity index (χ1v) is 8.59. The van der Waals surface area contributed by atoms with E-state index in [9.17, 15) is 13.2 Å². The van der Waals surface area contributed by atoms with E-state index in [2.05, 4.69) is 5.32 Å². The number of ether oxygens (including phenoxy) is 1. The molecule has 0 radical (unpaired) electrons. The molecule has 1 saturated heterocycles. The molecule has 1 aliphatic heterocycles. The standard InChI is InChI=1S/C14H21N3O4S/c1-10-7-17(8-11(2)21-10)9-14(18)16-12-4-3-5-13(6-12)22(15,19)20/h3-6,10-11H,7-9H2,1-2H3,(H,16,18)(H2,15,19,20)/t10-,11-/m0/s1. The molecule has 1 heterocycles. The maximum atomic E-state index is 12.1. The molecule has 3 N–H and O–H groups in total. The van der Waals surface area contributed by atoms with E-state index >= 15 is 0 Å². The number of nitrogens with one attached hydrogen (secondary N) is 1. The van der Waals surface area contributed by atoms with Crippen LogP contribution in [0.15, 0.2) is 29.2 Å². The molecule has 1 aliphatic rings.